The lowest BCUT2D eigenvalue weighted by atomic mass is 10.1. The van der Waals surface area contributed by atoms with E-state index in [4.69, 9.17) is 13.8 Å². The van der Waals surface area contributed by atoms with E-state index < -0.39 is 20.5 Å². The molecule has 0 amide bonds. The van der Waals surface area contributed by atoms with Crippen LogP contribution in [0.2, 0.25) is 0 Å². The number of esters is 1. The summed E-state index contributed by atoms with van der Waals surface area (Å²) in [6, 6.07) is 0. The number of hydrogen-bond acceptors (Lipinski definition) is 6. The molecule has 28 heavy (non-hydrogen) atoms. The highest BCUT2D eigenvalue weighted by Crippen LogP contribution is 2.43. The minimum Gasteiger partial charge on any atom is -0.463 e. The van der Waals surface area contributed by atoms with E-state index in [-0.39, 0.29) is 19.2 Å². The van der Waals surface area contributed by atoms with Crippen LogP contribution in [0.3, 0.4) is 0 Å². The molecule has 168 valence electrons. The standard InChI is InChI=1S/C19H40NO7P/c1-5-6-7-8-9-10-11-12-13-19(22)25-16-18(21)17-27-28(23,24)26-15-14-20(2,3)4/h18,21H,5-17H2,1-4H3/p+1. The Labute approximate surface area is 170 Å². The number of carbonyl (C=O) groups excluding carboxylic acids is 1. The van der Waals surface area contributed by atoms with Gasteiger partial charge in [0, 0.05) is 6.42 Å². The van der Waals surface area contributed by atoms with E-state index in [9.17, 15) is 19.4 Å². The van der Waals surface area contributed by atoms with E-state index in [0.29, 0.717) is 17.4 Å². The molecule has 0 aliphatic rings. The molecule has 8 nitrogen and oxygen atoms in total. The molecule has 0 saturated carbocycles. The number of likely N-dealkylation sites (N-methyl/N-ethyl adjacent to an activating group) is 1. The Hall–Kier alpha value is -0.500. The van der Waals surface area contributed by atoms with Crippen molar-refractivity contribution in [3.05, 3.63) is 0 Å². The first-order valence-electron chi connectivity index (χ1n) is 10.3. The van der Waals surface area contributed by atoms with E-state index in [1.165, 1.54) is 32.1 Å². The number of quaternary nitrogens is 1. The molecule has 0 aromatic carbocycles. The average Bonchev–Trinajstić information content (AvgIpc) is 2.59. The van der Waals surface area contributed by atoms with Crippen molar-refractivity contribution in [2.24, 2.45) is 0 Å². The van der Waals surface area contributed by atoms with E-state index in [2.05, 4.69) is 6.92 Å². The zero-order valence-corrected chi connectivity index (χ0v) is 19.0. The lowest BCUT2D eigenvalue weighted by Gasteiger charge is -2.24. The number of phosphoric ester groups is 1. The first kappa shape index (κ1) is 27.5. The lowest BCUT2D eigenvalue weighted by Crippen LogP contribution is -2.37. The third-order valence-corrected chi connectivity index (χ3v) is 5.10. The molecule has 0 aliphatic carbocycles. The molecule has 0 heterocycles. The molecular weight excluding hydrogens is 385 g/mol. The number of hydrogen-bond donors (Lipinski definition) is 2. The van der Waals surface area contributed by atoms with Crippen LogP contribution in [0.4, 0.5) is 0 Å². The molecule has 0 aromatic rings. The Morgan fingerprint density at radius 2 is 1.54 bits per heavy atom. The first-order valence-corrected chi connectivity index (χ1v) is 11.8. The molecule has 0 fully saturated rings. The second kappa shape index (κ2) is 15.4. The molecule has 2 atom stereocenters. The summed E-state index contributed by atoms with van der Waals surface area (Å²) in [5, 5.41) is 9.74. The monoisotopic (exact) mass is 426 g/mol. The average molecular weight is 427 g/mol. The largest absolute Gasteiger partial charge is 0.472 e. The van der Waals surface area contributed by atoms with Crippen LogP contribution in [0.5, 0.6) is 0 Å². The maximum absolute atomic E-state index is 11.7. The van der Waals surface area contributed by atoms with Crippen LogP contribution in [0.1, 0.15) is 64.7 Å². The van der Waals surface area contributed by atoms with E-state index in [1.807, 2.05) is 21.1 Å². The molecule has 0 saturated heterocycles. The normalized spacial score (nSPS) is 15.2. The Kier molecular flexibility index (Phi) is 15.1. The Bertz CT molecular complexity index is 454. The minimum atomic E-state index is -4.23. The maximum atomic E-state index is 11.7. The van der Waals surface area contributed by atoms with E-state index in [1.54, 1.807) is 0 Å². The van der Waals surface area contributed by atoms with Gasteiger partial charge in [0.05, 0.1) is 27.7 Å². The summed E-state index contributed by atoms with van der Waals surface area (Å²) >= 11 is 0. The van der Waals surface area contributed by atoms with Crippen molar-refractivity contribution in [2.45, 2.75) is 70.8 Å². The summed E-state index contributed by atoms with van der Waals surface area (Å²) in [5.41, 5.74) is 0. The number of ether oxygens (including phenoxy) is 1. The number of unbranched alkanes of at least 4 members (excludes halogenated alkanes) is 7. The van der Waals surface area contributed by atoms with Crippen LogP contribution in [-0.2, 0) is 23.1 Å². The van der Waals surface area contributed by atoms with E-state index in [0.717, 1.165) is 19.3 Å². The van der Waals surface area contributed by atoms with Gasteiger partial charge in [0.25, 0.3) is 0 Å². The van der Waals surface area contributed by atoms with Gasteiger partial charge >= 0.3 is 13.8 Å². The van der Waals surface area contributed by atoms with Crippen molar-refractivity contribution in [1.29, 1.82) is 0 Å². The SMILES string of the molecule is CCCCCCCCCCC(=O)OCC(O)COP(=O)(O)OCC[N+](C)(C)C. The summed E-state index contributed by atoms with van der Waals surface area (Å²) in [7, 11) is 1.56. The van der Waals surface area contributed by atoms with Gasteiger partial charge < -0.3 is 19.2 Å². The van der Waals surface area contributed by atoms with Crippen LogP contribution in [0, 0.1) is 0 Å². The molecule has 0 aromatic heterocycles. The highest BCUT2D eigenvalue weighted by atomic mass is 31.2. The number of aliphatic hydroxyl groups excluding tert-OH is 1. The quantitative estimate of drug-likeness (QED) is 0.150. The molecule has 9 heteroatoms. The maximum Gasteiger partial charge on any atom is 0.472 e. The molecule has 0 spiro atoms. The summed E-state index contributed by atoms with van der Waals surface area (Å²) in [6.45, 7) is 2.07. The van der Waals surface area contributed by atoms with Crippen molar-refractivity contribution in [3.63, 3.8) is 0 Å². The van der Waals surface area contributed by atoms with Crippen molar-refractivity contribution >= 4 is 13.8 Å². The first-order chi connectivity index (χ1) is 13.1. The topological polar surface area (TPSA) is 102 Å². The molecular formula is C19H41NO7P+. The molecule has 0 rings (SSSR count). The zero-order valence-electron chi connectivity index (χ0n) is 18.1. The third kappa shape index (κ3) is 18.8. The van der Waals surface area contributed by atoms with Crippen LogP contribution in [0.15, 0.2) is 0 Å². The van der Waals surface area contributed by atoms with Gasteiger partial charge in [-0.05, 0) is 6.42 Å². The van der Waals surface area contributed by atoms with Gasteiger partial charge in [-0.25, -0.2) is 4.57 Å². The number of phosphoric acid groups is 1. The van der Waals surface area contributed by atoms with Gasteiger partial charge in [-0.15, -0.1) is 0 Å². The summed E-state index contributed by atoms with van der Waals surface area (Å²) in [5.74, 6) is -0.378. The van der Waals surface area contributed by atoms with E-state index >= 15 is 0 Å². The number of carbonyl (C=O) groups is 1. The fourth-order valence-corrected chi connectivity index (χ4v) is 3.11. The number of nitrogens with zero attached hydrogens (tertiary/aromatic N) is 1. The highest BCUT2D eigenvalue weighted by molar-refractivity contribution is 7.47. The van der Waals surface area contributed by atoms with Gasteiger partial charge in [0.1, 0.15) is 25.9 Å². The van der Waals surface area contributed by atoms with Crippen LogP contribution >= 0.6 is 7.82 Å². The molecule has 0 aliphatic heterocycles. The molecule has 0 radical (unpaired) electrons. The predicted molar refractivity (Wildman–Crippen MR) is 109 cm³/mol. The van der Waals surface area contributed by atoms with Crippen LogP contribution < -0.4 is 0 Å². The fourth-order valence-electron chi connectivity index (χ4n) is 2.36. The van der Waals surface area contributed by atoms with Gasteiger partial charge in [-0.3, -0.25) is 13.8 Å². The Morgan fingerprint density at radius 3 is 2.11 bits per heavy atom. The Balaban J connectivity index is 3.72. The fraction of sp³-hybridized carbons (Fsp3) is 0.947. The summed E-state index contributed by atoms with van der Waals surface area (Å²) < 4.78 is 26.8. The number of rotatable bonds is 18. The third-order valence-electron chi connectivity index (χ3n) is 4.12. The van der Waals surface area contributed by atoms with Crippen LogP contribution in [-0.4, -0.2) is 74.1 Å². The van der Waals surface area contributed by atoms with Crippen molar-refractivity contribution in [3.8, 4) is 0 Å². The number of aliphatic hydroxyl groups is 1. The smallest absolute Gasteiger partial charge is 0.463 e. The van der Waals surface area contributed by atoms with Crippen molar-refractivity contribution in [1.82, 2.24) is 0 Å². The van der Waals surface area contributed by atoms with Crippen molar-refractivity contribution < 1.29 is 37.6 Å². The molecule has 0 bridgehead atoms. The second-order valence-electron chi connectivity index (χ2n) is 8.17. The lowest BCUT2D eigenvalue weighted by molar-refractivity contribution is -0.870. The minimum absolute atomic E-state index is 0.0565. The van der Waals surface area contributed by atoms with Gasteiger partial charge in [-0.2, -0.15) is 0 Å². The van der Waals surface area contributed by atoms with Gasteiger partial charge in [-0.1, -0.05) is 51.9 Å². The highest BCUT2D eigenvalue weighted by Gasteiger charge is 2.24. The zero-order chi connectivity index (χ0) is 21.5. The Morgan fingerprint density at radius 1 is 0.964 bits per heavy atom. The molecule has 2 N–H and O–H groups in total. The van der Waals surface area contributed by atoms with Crippen molar-refractivity contribution in [2.75, 3.05) is 47.5 Å². The molecule has 2 unspecified atom stereocenters. The summed E-state index contributed by atoms with van der Waals surface area (Å²) in [6.07, 6.45) is 8.26. The second-order valence-corrected chi connectivity index (χ2v) is 9.63. The summed E-state index contributed by atoms with van der Waals surface area (Å²) in [4.78, 5) is 21.2. The van der Waals surface area contributed by atoms with Crippen LogP contribution in [0.25, 0.3) is 0 Å². The van der Waals surface area contributed by atoms with Gasteiger partial charge in [0.15, 0.2) is 0 Å². The van der Waals surface area contributed by atoms with Gasteiger partial charge in [0.2, 0.25) is 0 Å². The predicted octanol–water partition coefficient (Wildman–Crippen LogP) is 3.26.